The number of nitrogens with zero attached hydrogens (tertiary/aromatic N) is 1. The Bertz CT molecular complexity index is 478. The Labute approximate surface area is 92.6 Å². The molecule has 0 spiro atoms. The minimum absolute atomic E-state index is 0.297. The molecule has 2 rings (SSSR count). The molecule has 0 heterocycles. The van der Waals surface area contributed by atoms with Crippen LogP contribution in [0.25, 0.3) is 11.1 Å². The largest absolute Gasteiger partial charge is 0.204 e. The molecule has 2 aromatic rings. The van der Waals surface area contributed by atoms with Crippen LogP contribution in [0.2, 0.25) is 0 Å². The van der Waals surface area contributed by atoms with Gasteiger partial charge in [0.1, 0.15) is 0 Å². The second kappa shape index (κ2) is 5.62. The number of halogens is 2. The van der Waals surface area contributed by atoms with Crippen molar-refractivity contribution in [3.63, 3.8) is 0 Å². The van der Waals surface area contributed by atoms with Gasteiger partial charge in [0.2, 0.25) is 0 Å². The predicted molar refractivity (Wildman–Crippen MR) is 58.5 cm³/mol. The van der Waals surface area contributed by atoms with Gasteiger partial charge in [0, 0.05) is 12.1 Å². The maximum Gasteiger partial charge on any atom is 0.166 e. The van der Waals surface area contributed by atoms with Crippen LogP contribution in [-0.4, -0.2) is 0 Å². The van der Waals surface area contributed by atoms with Crippen molar-refractivity contribution < 1.29 is 8.78 Å². The van der Waals surface area contributed by atoms with Gasteiger partial charge in [-0.1, -0.05) is 42.5 Å². The van der Waals surface area contributed by atoms with Crippen LogP contribution < -0.4 is 0 Å². The highest BCUT2D eigenvalue weighted by Crippen LogP contribution is 2.23. The number of nitriles is 1. The van der Waals surface area contributed by atoms with Crippen LogP contribution in [0.5, 0.6) is 0 Å². The van der Waals surface area contributed by atoms with Crippen molar-refractivity contribution in [2.45, 2.75) is 0 Å². The Balaban J connectivity index is 0.000000606. The third-order valence-electron chi connectivity index (χ3n) is 2.04. The van der Waals surface area contributed by atoms with Crippen molar-refractivity contribution in [1.82, 2.24) is 0 Å². The number of hydrogen-bond donors (Lipinski definition) is 0. The van der Waals surface area contributed by atoms with Gasteiger partial charge in [0.05, 0.1) is 0 Å². The van der Waals surface area contributed by atoms with Crippen LogP contribution in [0.15, 0.2) is 48.5 Å². The summed E-state index contributed by atoms with van der Waals surface area (Å²) in [6.45, 7) is 3.50. The third-order valence-corrected chi connectivity index (χ3v) is 2.04. The summed E-state index contributed by atoms with van der Waals surface area (Å²) >= 11 is 0. The summed E-state index contributed by atoms with van der Waals surface area (Å²) in [6.07, 6.45) is 0. The second-order valence-electron chi connectivity index (χ2n) is 2.97. The highest BCUT2D eigenvalue weighted by atomic mass is 19.2. The molecule has 0 amide bonds. The fraction of sp³-hybridized carbons (Fsp3) is 0. The lowest BCUT2D eigenvalue weighted by atomic mass is 10.1. The summed E-state index contributed by atoms with van der Waals surface area (Å²) < 4.78 is 26.2. The molecule has 80 valence electrons. The highest BCUT2D eigenvalue weighted by Gasteiger charge is 2.08. The first-order valence-corrected chi connectivity index (χ1v) is 4.54. The van der Waals surface area contributed by atoms with Gasteiger partial charge >= 0.3 is 0 Å². The van der Waals surface area contributed by atoms with Crippen LogP contribution in [0.3, 0.4) is 0 Å². The molecule has 0 radical (unpaired) electrons. The topological polar surface area (TPSA) is 23.8 Å². The van der Waals surface area contributed by atoms with Crippen LogP contribution in [0, 0.1) is 23.5 Å². The van der Waals surface area contributed by atoms with E-state index in [1.165, 1.54) is 6.07 Å². The first-order chi connectivity index (χ1) is 7.79. The van der Waals surface area contributed by atoms with E-state index in [0.717, 1.165) is 6.07 Å². The van der Waals surface area contributed by atoms with Crippen molar-refractivity contribution in [1.29, 1.82) is 5.26 Å². The quantitative estimate of drug-likeness (QED) is 0.713. The molecule has 0 aromatic heterocycles. The van der Waals surface area contributed by atoms with E-state index >= 15 is 0 Å². The zero-order valence-electron chi connectivity index (χ0n) is 8.40. The normalized spacial score (nSPS) is 9.00. The number of benzene rings is 2. The molecular formula is C13H9F2N. The lowest BCUT2D eigenvalue weighted by Gasteiger charge is -2.02. The molecule has 0 fully saturated rings. The smallest absolute Gasteiger partial charge is 0.166 e. The van der Waals surface area contributed by atoms with Gasteiger partial charge < -0.3 is 0 Å². The Hall–Kier alpha value is -2.21. The molecule has 1 nitrogen and oxygen atoms in total. The van der Waals surface area contributed by atoms with Crippen molar-refractivity contribution in [2.24, 2.45) is 0 Å². The average molecular weight is 217 g/mol. The summed E-state index contributed by atoms with van der Waals surface area (Å²) in [4.78, 5) is 0. The van der Waals surface area contributed by atoms with Crippen molar-refractivity contribution in [2.75, 3.05) is 0 Å². The van der Waals surface area contributed by atoms with Gasteiger partial charge in [0.15, 0.2) is 11.6 Å². The molecule has 0 bridgehead atoms. The predicted octanol–water partition coefficient (Wildman–Crippen LogP) is 3.77. The lowest BCUT2D eigenvalue weighted by Crippen LogP contribution is -1.88. The number of rotatable bonds is 1. The van der Waals surface area contributed by atoms with Crippen molar-refractivity contribution in [3.05, 3.63) is 60.2 Å². The van der Waals surface area contributed by atoms with E-state index in [9.17, 15) is 8.78 Å². The van der Waals surface area contributed by atoms with Gasteiger partial charge in [-0.05, 0) is 11.6 Å². The summed E-state index contributed by atoms with van der Waals surface area (Å²) in [6, 6.07) is 13.1. The maximum absolute atomic E-state index is 13.3. The van der Waals surface area contributed by atoms with Crippen LogP contribution in [0.1, 0.15) is 0 Å². The molecule has 2 aromatic carbocycles. The van der Waals surface area contributed by atoms with Crippen LogP contribution in [0.4, 0.5) is 8.78 Å². The summed E-state index contributed by atoms with van der Waals surface area (Å²) in [5.74, 6) is -1.61. The molecule has 0 saturated heterocycles. The van der Waals surface area contributed by atoms with Crippen LogP contribution >= 0.6 is 0 Å². The van der Waals surface area contributed by atoms with E-state index in [4.69, 9.17) is 5.26 Å². The first kappa shape index (κ1) is 11.9. The third kappa shape index (κ3) is 2.43. The van der Waals surface area contributed by atoms with E-state index in [1.807, 2.05) is 6.07 Å². The van der Waals surface area contributed by atoms with E-state index in [0.29, 0.717) is 11.1 Å². The van der Waals surface area contributed by atoms with Crippen LogP contribution in [-0.2, 0) is 0 Å². The lowest BCUT2D eigenvalue weighted by molar-refractivity contribution is 0.511. The first-order valence-electron chi connectivity index (χ1n) is 4.54. The Kier molecular flexibility index (Phi) is 4.16. The monoisotopic (exact) mass is 217 g/mol. The van der Waals surface area contributed by atoms with Gasteiger partial charge in [0.25, 0.3) is 0 Å². The molecule has 0 N–H and O–H groups in total. The van der Waals surface area contributed by atoms with Gasteiger partial charge in [-0.3, -0.25) is 0 Å². The molecule has 0 atom stereocenters. The second-order valence-corrected chi connectivity index (χ2v) is 2.97. The highest BCUT2D eigenvalue weighted by molar-refractivity contribution is 5.63. The fourth-order valence-corrected chi connectivity index (χ4v) is 1.34. The summed E-state index contributed by atoms with van der Waals surface area (Å²) in [7, 11) is 0. The van der Waals surface area contributed by atoms with E-state index in [1.54, 1.807) is 30.3 Å². The Morgan fingerprint density at radius 3 is 2.06 bits per heavy atom. The fourth-order valence-electron chi connectivity index (χ4n) is 1.34. The Morgan fingerprint density at radius 2 is 1.44 bits per heavy atom. The van der Waals surface area contributed by atoms with Crippen molar-refractivity contribution >= 4 is 0 Å². The van der Waals surface area contributed by atoms with Gasteiger partial charge in [-0.2, -0.15) is 0 Å². The molecule has 16 heavy (non-hydrogen) atoms. The van der Waals surface area contributed by atoms with E-state index in [2.05, 4.69) is 6.57 Å². The molecule has 0 aliphatic carbocycles. The SMILES string of the molecule is C#N.Fc1cccc(-c2ccccc2)c1F. The van der Waals surface area contributed by atoms with Gasteiger partial charge in [-0.15, -0.1) is 0 Å². The standard InChI is InChI=1S/C12H8F2.CHN/c13-11-8-4-7-10(12(11)14)9-5-2-1-3-6-9;1-2/h1-8H;1H. The summed E-state index contributed by atoms with van der Waals surface area (Å²) in [5.41, 5.74) is 0.982. The summed E-state index contributed by atoms with van der Waals surface area (Å²) in [5, 5.41) is 6.50. The van der Waals surface area contributed by atoms with Gasteiger partial charge in [-0.25, -0.2) is 14.0 Å². The molecule has 0 aliphatic rings. The molecule has 0 aliphatic heterocycles. The zero-order valence-corrected chi connectivity index (χ0v) is 8.40. The minimum atomic E-state index is -0.814. The minimum Gasteiger partial charge on any atom is -0.204 e. The van der Waals surface area contributed by atoms with E-state index in [-0.39, 0.29) is 0 Å². The Morgan fingerprint density at radius 1 is 0.812 bits per heavy atom. The zero-order chi connectivity index (χ0) is 12.0. The number of hydrogen-bond acceptors (Lipinski definition) is 1. The molecule has 0 unspecified atom stereocenters. The molecule has 3 heteroatoms. The maximum atomic E-state index is 13.3. The molecule has 0 saturated carbocycles. The van der Waals surface area contributed by atoms with Crippen molar-refractivity contribution in [3.8, 4) is 17.7 Å². The molecular weight excluding hydrogens is 208 g/mol. The average Bonchev–Trinajstić information content (AvgIpc) is 2.36. The van der Waals surface area contributed by atoms with E-state index < -0.39 is 11.6 Å².